The van der Waals surface area contributed by atoms with E-state index >= 15 is 0 Å². The highest BCUT2D eigenvalue weighted by Crippen LogP contribution is 2.03. The number of carbonyl (C=O) groups is 1. The summed E-state index contributed by atoms with van der Waals surface area (Å²) in [5.41, 5.74) is 2.05. The van der Waals surface area contributed by atoms with Crippen molar-refractivity contribution in [3.05, 3.63) is 0 Å². The van der Waals surface area contributed by atoms with Gasteiger partial charge in [0.1, 0.15) is 0 Å². The van der Waals surface area contributed by atoms with Crippen molar-refractivity contribution in [1.82, 2.24) is 5.48 Å². The number of rotatable bonds is 5. The van der Waals surface area contributed by atoms with Gasteiger partial charge in [0.25, 0.3) is 0 Å². The van der Waals surface area contributed by atoms with Crippen LogP contribution in [0, 0.1) is 0 Å². The molecule has 0 aliphatic heterocycles. The zero-order chi connectivity index (χ0) is 10.3. The molecule has 0 radical (unpaired) electrons. The number of hydrogen-bond donors (Lipinski definition) is 1. The van der Waals surface area contributed by atoms with E-state index in [-0.39, 0.29) is 11.5 Å². The molecule has 1 amide bonds. The Kier molecular flexibility index (Phi) is 5.66. The van der Waals surface area contributed by atoms with E-state index in [1.807, 2.05) is 20.8 Å². The normalized spacial score (nSPS) is 11.4. The highest BCUT2D eigenvalue weighted by Gasteiger charge is 2.12. The highest BCUT2D eigenvalue weighted by atomic mass is 16.7. The Hall–Kier alpha value is -0.610. The van der Waals surface area contributed by atoms with E-state index in [1.54, 1.807) is 7.11 Å². The van der Waals surface area contributed by atoms with Crippen LogP contribution in [0.15, 0.2) is 0 Å². The second-order valence-electron chi connectivity index (χ2n) is 3.84. The summed E-state index contributed by atoms with van der Waals surface area (Å²) in [7, 11) is 1.61. The molecular weight excluding hydrogens is 170 g/mol. The van der Waals surface area contributed by atoms with E-state index in [0.29, 0.717) is 13.0 Å². The fourth-order valence-corrected chi connectivity index (χ4v) is 0.638. The third-order valence-corrected chi connectivity index (χ3v) is 1.22. The van der Waals surface area contributed by atoms with E-state index in [2.05, 4.69) is 5.48 Å². The molecule has 0 rings (SSSR count). The minimum absolute atomic E-state index is 0.105. The predicted molar refractivity (Wildman–Crippen MR) is 50.1 cm³/mol. The number of carbonyl (C=O) groups excluding carboxylic acids is 1. The standard InChI is InChI=1S/C9H19NO3/c1-9(2,3)13-10-8(11)6-5-7-12-4/h5-7H2,1-4H3,(H,10,11). The number of nitrogens with one attached hydrogen (secondary N) is 1. The summed E-state index contributed by atoms with van der Waals surface area (Å²) < 4.78 is 4.82. The first-order valence-corrected chi connectivity index (χ1v) is 4.41. The first kappa shape index (κ1) is 12.4. The number of methoxy groups -OCH3 is 1. The molecule has 0 spiro atoms. The summed E-state index contributed by atoms with van der Waals surface area (Å²) in [6.45, 7) is 6.23. The lowest BCUT2D eigenvalue weighted by molar-refractivity contribution is -0.145. The fraction of sp³-hybridized carbons (Fsp3) is 0.889. The summed E-state index contributed by atoms with van der Waals surface area (Å²) in [5.74, 6) is -0.105. The molecule has 0 saturated heterocycles. The van der Waals surface area contributed by atoms with Gasteiger partial charge < -0.3 is 4.74 Å². The molecule has 0 heterocycles. The smallest absolute Gasteiger partial charge is 0.243 e. The Morgan fingerprint density at radius 2 is 2.00 bits per heavy atom. The van der Waals surface area contributed by atoms with E-state index in [9.17, 15) is 4.79 Å². The van der Waals surface area contributed by atoms with Crippen LogP contribution in [0.2, 0.25) is 0 Å². The summed E-state index contributed by atoms with van der Waals surface area (Å²) in [6, 6.07) is 0. The average Bonchev–Trinajstić information content (AvgIpc) is 2.00. The van der Waals surface area contributed by atoms with Crippen LogP contribution < -0.4 is 5.48 Å². The Morgan fingerprint density at radius 3 is 2.46 bits per heavy atom. The molecule has 0 aromatic rings. The van der Waals surface area contributed by atoms with Gasteiger partial charge in [-0.2, -0.15) is 0 Å². The van der Waals surface area contributed by atoms with E-state index < -0.39 is 0 Å². The largest absolute Gasteiger partial charge is 0.385 e. The van der Waals surface area contributed by atoms with E-state index in [0.717, 1.165) is 6.42 Å². The van der Waals surface area contributed by atoms with Gasteiger partial charge in [-0.25, -0.2) is 5.48 Å². The predicted octanol–water partition coefficient (Wildman–Crippen LogP) is 1.26. The lowest BCUT2D eigenvalue weighted by atomic mass is 10.2. The minimum atomic E-state index is -0.336. The average molecular weight is 189 g/mol. The minimum Gasteiger partial charge on any atom is -0.385 e. The van der Waals surface area contributed by atoms with Gasteiger partial charge >= 0.3 is 0 Å². The molecule has 0 aliphatic rings. The van der Waals surface area contributed by atoms with Crippen molar-refractivity contribution in [3.63, 3.8) is 0 Å². The molecule has 0 aromatic heterocycles. The maximum Gasteiger partial charge on any atom is 0.243 e. The zero-order valence-electron chi connectivity index (χ0n) is 8.85. The van der Waals surface area contributed by atoms with Gasteiger partial charge in [-0.1, -0.05) is 0 Å². The second-order valence-corrected chi connectivity index (χ2v) is 3.84. The quantitative estimate of drug-likeness (QED) is 0.523. The van der Waals surface area contributed by atoms with Gasteiger partial charge in [-0.15, -0.1) is 0 Å². The lowest BCUT2D eigenvalue weighted by Crippen LogP contribution is -2.33. The SMILES string of the molecule is COCCCC(=O)NOC(C)(C)C. The van der Waals surface area contributed by atoms with Crippen molar-refractivity contribution >= 4 is 5.91 Å². The number of ether oxygens (including phenoxy) is 1. The van der Waals surface area contributed by atoms with Crippen molar-refractivity contribution in [3.8, 4) is 0 Å². The number of hydroxylamine groups is 1. The van der Waals surface area contributed by atoms with Crippen molar-refractivity contribution in [2.45, 2.75) is 39.2 Å². The van der Waals surface area contributed by atoms with Gasteiger partial charge in [-0.05, 0) is 27.2 Å². The molecule has 0 unspecified atom stereocenters. The molecule has 0 aliphatic carbocycles. The molecule has 0 bridgehead atoms. The first-order valence-electron chi connectivity index (χ1n) is 4.41. The molecule has 1 N–H and O–H groups in total. The molecule has 4 nitrogen and oxygen atoms in total. The summed E-state index contributed by atoms with van der Waals surface area (Å²) in [4.78, 5) is 16.2. The zero-order valence-corrected chi connectivity index (χ0v) is 8.85. The molecule has 13 heavy (non-hydrogen) atoms. The summed E-state index contributed by atoms with van der Waals surface area (Å²) in [6.07, 6.45) is 1.15. The van der Waals surface area contributed by atoms with Gasteiger partial charge in [0.2, 0.25) is 5.91 Å². The molecule has 0 atom stereocenters. The van der Waals surface area contributed by atoms with Crippen LogP contribution in [0.3, 0.4) is 0 Å². The topological polar surface area (TPSA) is 47.6 Å². The molecule has 0 fully saturated rings. The van der Waals surface area contributed by atoms with Gasteiger partial charge in [0.15, 0.2) is 0 Å². The van der Waals surface area contributed by atoms with Crippen LogP contribution in [0.25, 0.3) is 0 Å². The number of amides is 1. The van der Waals surface area contributed by atoms with Crippen molar-refractivity contribution in [2.75, 3.05) is 13.7 Å². The van der Waals surface area contributed by atoms with Crippen LogP contribution in [0.5, 0.6) is 0 Å². The molecule has 4 heteroatoms. The third-order valence-electron chi connectivity index (χ3n) is 1.22. The molecule has 0 saturated carbocycles. The monoisotopic (exact) mass is 189 g/mol. The first-order chi connectivity index (χ1) is 5.95. The highest BCUT2D eigenvalue weighted by molar-refractivity contribution is 5.74. The van der Waals surface area contributed by atoms with Gasteiger partial charge in [0.05, 0.1) is 5.60 Å². The van der Waals surface area contributed by atoms with Crippen LogP contribution in [-0.4, -0.2) is 25.2 Å². The Morgan fingerprint density at radius 1 is 1.38 bits per heavy atom. The van der Waals surface area contributed by atoms with Crippen LogP contribution in [-0.2, 0) is 14.4 Å². The maximum absolute atomic E-state index is 11.1. The van der Waals surface area contributed by atoms with Crippen molar-refractivity contribution in [2.24, 2.45) is 0 Å². The van der Waals surface area contributed by atoms with Crippen molar-refractivity contribution in [1.29, 1.82) is 0 Å². The summed E-state index contributed by atoms with van der Waals surface area (Å²) in [5, 5.41) is 0. The Bertz CT molecular complexity index is 151. The molecule has 0 aromatic carbocycles. The van der Waals surface area contributed by atoms with E-state index in [1.165, 1.54) is 0 Å². The summed E-state index contributed by atoms with van der Waals surface area (Å²) >= 11 is 0. The van der Waals surface area contributed by atoms with Crippen molar-refractivity contribution < 1.29 is 14.4 Å². The third kappa shape index (κ3) is 9.30. The maximum atomic E-state index is 11.1. The van der Waals surface area contributed by atoms with Crippen LogP contribution in [0.1, 0.15) is 33.6 Å². The van der Waals surface area contributed by atoms with Gasteiger partial charge in [-0.3, -0.25) is 9.63 Å². The molecular formula is C9H19NO3. The van der Waals surface area contributed by atoms with Crippen LogP contribution in [0.4, 0.5) is 0 Å². The Labute approximate surface area is 79.6 Å². The van der Waals surface area contributed by atoms with Crippen LogP contribution >= 0.6 is 0 Å². The lowest BCUT2D eigenvalue weighted by Gasteiger charge is -2.18. The second kappa shape index (κ2) is 5.94. The van der Waals surface area contributed by atoms with Gasteiger partial charge in [0, 0.05) is 20.1 Å². The van der Waals surface area contributed by atoms with E-state index in [4.69, 9.17) is 9.57 Å². The number of hydrogen-bond acceptors (Lipinski definition) is 3. The fourth-order valence-electron chi connectivity index (χ4n) is 0.638. The molecule has 78 valence electrons. The Balaban J connectivity index is 3.41.